The van der Waals surface area contributed by atoms with Crippen molar-refractivity contribution in [1.29, 1.82) is 0 Å². The van der Waals surface area contributed by atoms with Gasteiger partial charge in [0, 0.05) is 11.6 Å². The van der Waals surface area contributed by atoms with Gasteiger partial charge in [-0.05, 0) is 50.2 Å². The smallest absolute Gasteiger partial charge is 0.119 e. The van der Waals surface area contributed by atoms with Gasteiger partial charge in [-0.25, -0.2) is 0 Å². The lowest BCUT2D eigenvalue weighted by Crippen LogP contribution is -2.25. The van der Waals surface area contributed by atoms with Crippen molar-refractivity contribution in [3.8, 4) is 5.75 Å². The SMILES string of the molecule is Clc1ccc(OCCN2CCCC2)cc1. The molecule has 1 aromatic carbocycles. The van der Waals surface area contributed by atoms with Gasteiger partial charge < -0.3 is 4.74 Å². The Morgan fingerprint density at radius 3 is 2.47 bits per heavy atom. The molecule has 2 nitrogen and oxygen atoms in total. The van der Waals surface area contributed by atoms with Crippen LogP contribution in [0, 0.1) is 0 Å². The van der Waals surface area contributed by atoms with Crippen LogP contribution in [0.3, 0.4) is 0 Å². The van der Waals surface area contributed by atoms with Gasteiger partial charge in [0.1, 0.15) is 12.4 Å². The first kappa shape index (κ1) is 10.8. The van der Waals surface area contributed by atoms with Crippen molar-refractivity contribution in [2.45, 2.75) is 12.8 Å². The van der Waals surface area contributed by atoms with Crippen LogP contribution in [-0.4, -0.2) is 31.1 Å². The lowest BCUT2D eigenvalue weighted by atomic mass is 10.3. The molecule has 1 fully saturated rings. The van der Waals surface area contributed by atoms with Crippen molar-refractivity contribution >= 4 is 11.6 Å². The van der Waals surface area contributed by atoms with Crippen LogP contribution in [0.5, 0.6) is 5.75 Å². The molecule has 82 valence electrons. The van der Waals surface area contributed by atoms with Gasteiger partial charge in [-0.1, -0.05) is 11.6 Å². The van der Waals surface area contributed by atoms with E-state index in [1.807, 2.05) is 24.3 Å². The maximum Gasteiger partial charge on any atom is 0.119 e. The zero-order valence-corrected chi connectivity index (χ0v) is 9.54. The minimum atomic E-state index is 0.752. The second-order valence-corrected chi connectivity index (χ2v) is 4.29. The Morgan fingerprint density at radius 2 is 1.80 bits per heavy atom. The summed E-state index contributed by atoms with van der Waals surface area (Å²) in [6, 6.07) is 7.53. The summed E-state index contributed by atoms with van der Waals surface area (Å²) in [7, 11) is 0. The summed E-state index contributed by atoms with van der Waals surface area (Å²) in [6.07, 6.45) is 2.67. The highest BCUT2D eigenvalue weighted by Crippen LogP contribution is 2.15. The highest BCUT2D eigenvalue weighted by Gasteiger charge is 2.10. The molecule has 0 N–H and O–H groups in total. The fraction of sp³-hybridized carbons (Fsp3) is 0.500. The van der Waals surface area contributed by atoms with Crippen LogP contribution in [0.25, 0.3) is 0 Å². The molecule has 1 saturated heterocycles. The van der Waals surface area contributed by atoms with Gasteiger partial charge in [-0.15, -0.1) is 0 Å². The summed E-state index contributed by atoms with van der Waals surface area (Å²) in [5, 5.41) is 0.752. The highest BCUT2D eigenvalue weighted by atomic mass is 35.5. The third kappa shape index (κ3) is 3.40. The third-order valence-corrected chi connectivity index (χ3v) is 2.94. The predicted octanol–water partition coefficient (Wildman–Crippen LogP) is 2.81. The fourth-order valence-electron chi connectivity index (χ4n) is 1.83. The van der Waals surface area contributed by atoms with E-state index < -0.39 is 0 Å². The summed E-state index contributed by atoms with van der Waals surface area (Å²) < 4.78 is 5.62. The van der Waals surface area contributed by atoms with Crippen molar-refractivity contribution in [2.75, 3.05) is 26.2 Å². The standard InChI is InChI=1S/C12H16ClNO/c13-11-3-5-12(6-4-11)15-10-9-14-7-1-2-8-14/h3-6H,1-2,7-10H2. The molecule has 0 radical (unpaired) electrons. The van der Waals surface area contributed by atoms with E-state index in [9.17, 15) is 0 Å². The number of halogens is 1. The lowest BCUT2D eigenvalue weighted by molar-refractivity contribution is 0.238. The largest absolute Gasteiger partial charge is 0.492 e. The van der Waals surface area contributed by atoms with Crippen molar-refractivity contribution in [3.63, 3.8) is 0 Å². The zero-order chi connectivity index (χ0) is 10.5. The van der Waals surface area contributed by atoms with E-state index in [1.165, 1.54) is 25.9 Å². The molecule has 15 heavy (non-hydrogen) atoms. The summed E-state index contributed by atoms with van der Waals surface area (Å²) in [4.78, 5) is 2.44. The van der Waals surface area contributed by atoms with Crippen LogP contribution in [0.4, 0.5) is 0 Å². The Kier molecular flexibility index (Phi) is 3.87. The Bertz CT molecular complexity index is 293. The maximum absolute atomic E-state index is 5.79. The molecule has 1 aliphatic rings. The number of rotatable bonds is 4. The number of ether oxygens (including phenoxy) is 1. The molecule has 0 spiro atoms. The molecule has 0 unspecified atom stereocenters. The zero-order valence-electron chi connectivity index (χ0n) is 8.79. The molecule has 0 amide bonds. The first-order valence-electron chi connectivity index (χ1n) is 5.45. The van der Waals surface area contributed by atoms with Crippen molar-refractivity contribution < 1.29 is 4.74 Å². The van der Waals surface area contributed by atoms with E-state index in [1.54, 1.807) is 0 Å². The highest BCUT2D eigenvalue weighted by molar-refractivity contribution is 6.30. The van der Waals surface area contributed by atoms with Gasteiger partial charge in [-0.3, -0.25) is 4.90 Å². The van der Waals surface area contributed by atoms with Gasteiger partial charge in [0.25, 0.3) is 0 Å². The van der Waals surface area contributed by atoms with Gasteiger partial charge >= 0.3 is 0 Å². The molecule has 2 rings (SSSR count). The fourth-order valence-corrected chi connectivity index (χ4v) is 1.96. The summed E-state index contributed by atoms with van der Waals surface area (Å²) in [5.74, 6) is 0.901. The van der Waals surface area contributed by atoms with Crippen molar-refractivity contribution in [1.82, 2.24) is 4.90 Å². The van der Waals surface area contributed by atoms with Crippen molar-refractivity contribution in [3.05, 3.63) is 29.3 Å². The van der Waals surface area contributed by atoms with Gasteiger partial charge in [0.05, 0.1) is 0 Å². The van der Waals surface area contributed by atoms with E-state index in [0.717, 1.165) is 23.9 Å². The Hall–Kier alpha value is -0.730. The molecule has 3 heteroatoms. The molecule has 0 aromatic heterocycles. The Balaban J connectivity index is 1.71. The van der Waals surface area contributed by atoms with E-state index in [2.05, 4.69) is 4.90 Å². The van der Waals surface area contributed by atoms with Gasteiger partial charge in [0.2, 0.25) is 0 Å². The van der Waals surface area contributed by atoms with E-state index in [-0.39, 0.29) is 0 Å². The van der Waals surface area contributed by atoms with Gasteiger partial charge in [0.15, 0.2) is 0 Å². The average Bonchev–Trinajstić information content (AvgIpc) is 2.74. The van der Waals surface area contributed by atoms with Crippen LogP contribution in [-0.2, 0) is 0 Å². The molecular formula is C12H16ClNO. The number of hydrogen-bond acceptors (Lipinski definition) is 2. The summed E-state index contributed by atoms with van der Waals surface area (Å²) in [5.41, 5.74) is 0. The topological polar surface area (TPSA) is 12.5 Å². The molecule has 1 aromatic rings. The average molecular weight is 226 g/mol. The third-order valence-electron chi connectivity index (χ3n) is 2.69. The van der Waals surface area contributed by atoms with Gasteiger partial charge in [-0.2, -0.15) is 0 Å². The molecular weight excluding hydrogens is 210 g/mol. The number of nitrogens with zero attached hydrogens (tertiary/aromatic N) is 1. The number of hydrogen-bond donors (Lipinski definition) is 0. The summed E-state index contributed by atoms with van der Waals surface area (Å²) >= 11 is 5.79. The van der Waals surface area contributed by atoms with Crippen molar-refractivity contribution in [2.24, 2.45) is 0 Å². The van der Waals surface area contributed by atoms with Crippen LogP contribution >= 0.6 is 11.6 Å². The van der Waals surface area contributed by atoms with Crippen LogP contribution in [0.2, 0.25) is 5.02 Å². The number of benzene rings is 1. The first-order valence-corrected chi connectivity index (χ1v) is 5.83. The molecule has 0 saturated carbocycles. The second kappa shape index (κ2) is 5.38. The molecule has 1 aliphatic heterocycles. The van der Waals surface area contributed by atoms with E-state index >= 15 is 0 Å². The lowest BCUT2D eigenvalue weighted by Gasteiger charge is -2.14. The van der Waals surface area contributed by atoms with Crippen LogP contribution < -0.4 is 4.74 Å². The van der Waals surface area contributed by atoms with Crippen LogP contribution in [0.1, 0.15) is 12.8 Å². The predicted molar refractivity (Wildman–Crippen MR) is 62.6 cm³/mol. The quantitative estimate of drug-likeness (QED) is 0.782. The Morgan fingerprint density at radius 1 is 1.13 bits per heavy atom. The summed E-state index contributed by atoms with van der Waals surface area (Å²) in [6.45, 7) is 4.25. The minimum absolute atomic E-state index is 0.752. The first-order chi connectivity index (χ1) is 7.34. The second-order valence-electron chi connectivity index (χ2n) is 3.85. The molecule has 0 aliphatic carbocycles. The van der Waals surface area contributed by atoms with E-state index in [4.69, 9.17) is 16.3 Å². The molecule has 0 bridgehead atoms. The van der Waals surface area contributed by atoms with E-state index in [0.29, 0.717) is 0 Å². The van der Waals surface area contributed by atoms with Crippen LogP contribution in [0.15, 0.2) is 24.3 Å². The number of likely N-dealkylation sites (tertiary alicyclic amines) is 1. The maximum atomic E-state index is 5.79. The monoisotopic (exact) mass is 225 g/mol. The minimum Gasteiger partial charge on any atom is -0.492 e. The normalized spacial score (nSPS) is 16.9. The Labute approximate surface area is 95.8 Å². The molecule has 0 atom stereocenters. The molecule has 1 heterocycles.